The number of furan rings is 2. The lowest BCUT2D eigenvalue weighted by Crippen LogP contribution is -2.50. The largest absolute Gasteiger partial charge is 0.464 e. The van der Waals surface area contributed by atoms with E-state index in [1.54, 1.807) is 82.6 Å². The molecule has 0 bridgehead atoms. The van der Waals surface area contributed by atoms with Gasteiger partial charge in [-0.05, 0) is 110 Å². The Kier molecular flexibility index (Phi) is 19.0. The summed E-state index contributed by atoms with van der Waals surface area (Å²) in [6, 6.07) is 23.6. The Morgan fingerprint density at radius 2 is 0.912 bits per heavy atom. The predicted octanol–water partition coefficient (Wildman–Crippen LogP) is 7.34. The molecule has 4 aliphatic rings. The first-order chi connectivity index (χ1) is 38.9. The van der Waals surface area contributed by atoms with E-state index in [1.165, 1.54) is 36.8 Å². The summed E-state index contributed by atoms with van der Waals surface area (Å²) in [6.45, 7) is 6.53. The van der Waals surface area contributed by atoms with Crippen molar-refractivity contribution < 1.29 is 75.4 Å². The summed E-state index contributed by atoms with van der Waals surface area (Å²) < 4.78 is 74.5. The Labute approximate surface area is 461 Å². The molecule has 0 saturated carbocycles. The van der Waals surface area contributed by atoms with Crippen molar-refractivity contribution in [1.29, 1.82) is 0 Å². The van der Waals surface area contributed by atoms with Crippen molar-refractivity contribution in [3.05, 3.63) is 143 Å². The van der Waals surface area contributed by atoms with Crippen LogP contribution in [0.4, 0.5) is 8.78 Å². The fourth-order valence-corrected chi connectivity index (χ4v) is 11.0. The van der Waals surface area contributed by atoms with Crippen LogP contribution in [0.1, 0.15) is 85.8 Å². The van der Waals surface area contributed by atoms with Crippen LogP contribution in [0.15, 0.2) is 118 Å². The molecule has 4 saturated heterocycles. The van der Waals surface area contributed by atoms with Gasteiger partial charge in [0.2, 0.25) is 12.2 Å². The maximum Gasteiger partial charge on any atom is 0.339 e. The summed E-state index contributed by atoms with van der Waals surface area (Å²) in [6.07, 6.45) is -1.11. The van der Waals surface area contributed by atoms with E-state index in [0.717, 1.165) is 12.8 Å². The fraction of sp³-hybridized carbons (Fsp3) is 0.467. The number of fused-ring (bicyclic) bond motifs is 2. The molecule has 4 atom stereocenters. The first-order valence-corrected chi connectivity index (χ1v) is 27.6. The molecule has 2 N–H and O–H groups in total. The highest BCUT2D eigenvalue weighted by Crippen LogP contribution is 2.33. The second-order valence-electron chi connectivity index (χ2n) is 20.9. The topological polar surface area (TPSA) is 203 Å². The number of nitrogens with zero attached hydrogens (tertiary/aromatic N) is 4. The highest BCUT2D eigenvalue weighted by molar-refractivity contribution is 5.92. The molecule has 6 heterocycles. The third-order valence-corrected chi connectivity index (χ3v) is 15.5. The van der Waals surface area contributed by atoms with E-state index in [0.29, 0.717) is 137 Å². The minimum absolute atomic E-state index is 0.00956. The Morgan fingerprint density at radius 1 is 0.537 bits per heavy atom. The van der Waals surface area contributed by atoms with Crippen molar-refractivity contribution in [2.24, 2.45) is 0 Å². The number of aliphatic hydroxyl groups excluding tert-OH is 2. The number of halogens is 2. The molecular formula is C60H68F2N4O14. The molecule has 4 aromatic carbocycles. The molecule has 426 valence electrons. The minimum atomic E-state index is -2.61. The van der Waals surface area contributed by atoms with Crippen LogP contribution in [-0.2, 0) is 60.7 Å². The smallest absolute Gasteiger partial charge is 0.339 e. The van der Waals surface area contributed by atoms with Gasteiger partial charge in [0, 0.05) is 99.2 Å². The van der Waals surface area contributed by atoms with E-state index in [1.807, 2.05) is 0 Å². The highest BCUT2D eigenvalue weighted by atomic mass is 19.1. The second-order valence-corrected chi connectivity index (χ2v) is 20.9. The summed E-state index contributed by atoms with van der Waals surface area (Å²) in [7, 11) is 0. The standard InChI is InChI=1S/C60H68F2N4O14/c61-45-9-3-39(4-10-45)37-65(47-15-23-63(24-16-47)27-19-51-75-29-1-30-76-51)57(69)55(43-7-13-49-41(35-43)21-33-73-49)79-59(71)53(67)54(68)60(72)80-56(44-8-14-50-42(36-44)22-34-74-50)58(70)66(38-40-5-11-46(62)12-6-40)48-17-25-64(26-18-48)28-20-52-77-31-2-32-78-52/h3-14,21-22,33-36,47-48,51-56,67-68H,1-2,15-20,23-32,37-38H2. The molecule has 18 nitrogen and oxygen atoms in total. The van der Waals surface area contributed by atoms with Crippen LogP contribution in [-0.4, -0.2) is 156 Å². The van der Waals surface area contributed by atoms with E-state index in [-0.39, 0.29) is 48.9 Å². The molecule has 0 radical (unpaired) electrons. The number of benzene rings is 4. The maximum absolute atomic E-state index is 15.3. The Balaban J connectivity index is 0.882. The molecule has 0 aliphatic carbocycles. The van der Waals surface area contributed by atoms with Gasteiger partial charge in [0.1, 0.15) is 22.8 Å². The molecule has 4 aliphatic heterocycles. The number of amides is 2. The van der Waals surface area contributed by atoms with Gasteiger partial charge in [0.05, 0.1) is 39.0 Å². The minimum Gasteiger partial charge on any atom is -0.464 e. The van der Waals surface area contributed by atoms with Crippen LogP contribution in [0.5, 0.6) is 0 Å². The van der Waals surface area contributed by atoms with Gasteiger partial charge in [-0.2, -0.15) is 0 Å². The Bertz CT molecular complexity index is 2800. The summed E-state index contributed by atoms with van der Waals surface area (Å²) in [5, 5.41) is 24.4. The summed E-state index contributed by atoms with van der Waals surface area (Å²) in [5.74, 6) is -5.32. The predicted molar refractivity (Wildman–Crippen MR) is 285 cm³/mol. The van der Waals surface area contributed by atoms with Crippen molar-refractivity contribution in [2.45, 2.75) is 114 Å². The van der Waals surface area contributed by atoms with Crippen molar-refractivity contribution >= 4 is 45.7 Å². The van der Waals surface area contributed by atoms with Crippen molar-refractivity contribution in [3.63, 3.8) is 0 Å². The van der Waals surface area contributed by atoms with Crippen molar-refractivity contribution in [2.75, 3.05) is 65.7 Å². The fourth-order valence-electron chi connectivity index (χ4n) is 11.0. The number of hydrogen-bond donors (Lipinski definition) is 2. The van der Waals surface area contributed by atoms with Crippen LogP contribution in [0, 0.1) is 11.6 Å². The number of rotatable bonds is 21. The van der Waals surface area contributed by atoms with Crippen LogP contribution in [0.2, 0.25) is 0 Å². The first kappa shape index (κ1) is 56.6. The molecule has 4 unspecified atom stereocenters. The SMILES string of the molecule is O=C(OC(C(=O)N(Cc1ccc(F)cc1)C1CCN(CCC2OCCCO2)CC1)c1ccc2occc2c1)C(O)C(O)C(=O)OC(C(=O)N(Cc1ccc(F)cc1)C1CCN(CCC2OCCCO2)CC1)c1ccc2occc2c1. The number of esters is 2. The summed E-state index contributed by atoms with van der Waals surface area (Å²) in [4.78, 5) is 66.9. The number of ether oxygens (including phenoxy) is 6. The van der Waals surface area contributed by atoms with Crippen LogP contribution >= 0.6 is 0 Å². The second kappa shape index (κ2) is 26.8. The lowest BCUT2D eigenvalue weighted by atomic mass is 9.99. The zero-order valence-corrected chi connectivity index (χ0v) is 44.5. The normalized spacial score (nSPS) is 19.1. The summed E-state index contributed by atoms with van der Waals surface area (Å²) >= 11 is 0. The Hall–Kier alpha value is -6.62. The lowest BCUT2D eigenvalue weighted by molar-refractivity contribution is -0.185. The van der Waals surface area contributed by atoms with Gasteiger partial charge in [-0.25, -0.2) is 18.4 Å². The zero-order valence-electron chi connectivity index (χ0n) is 44.5. The lowest BCUT2D eigenvalue weighted by Gasteiger charge is -2.40. The van der Waals surface area contributed by atoms with E-state index < -0.39 is 59.8 Å². The van der Waals surface area contributed by atoms with Gasteiger partial charge in [-0.15, -0.1) is 0 Å². The number of carbonyl (C=O) groups is 4. The van der Waals surface area contributed by atoms with Crippen LogP contribution < -0.4 is 0 Å². The maximum atomic E-state index is 15.3. The average Bonchev–Trinajstić information content (AvgIpc) is 4.30. The van der Waals surface area contributed by atoms with E-state index in [9.17, 15) is 28.6 Å². The molecule has 2 aromatic heterocycles. The highest BCUT2D eigenvalue weighted by Gasteiger charge is 2.42. The molecule has 80 heavy (non-hydrogen) atoms. The quantitative estimate of drug-likeness (QED) is 0.0677. The van der Waals surface area contributed by atoms with E-state index in [4.69, 9.17) is 37.3 Å². The number of aliphatic hydroxyl groups is 2. The molecule has 2 amide bonds. The average molecular weight is 1110 g/mol. The van der Waals surface area contributed by atoms with Crippen LogP contribution in [0.3, 0.4) is 0 Å². The molecule has 10 rings (SSSR count). The van der Waals surface area contributed by atoms with Crippen molar-refractivity contribution in [1.82, 2.24) is 19.6 Å². The number of likely N-dealkylation sites (tertiary alicyclic amines) is 2. The van der Waals surface area contributed by atoms with Gasteiger partial charge < -0.3 is 67.1 Å². The molecule has 6 aromatic rings. The monoisotopic (exact) mass is 1110 g/mol. The van der Waals surface area contributed by atoms with E-state index in [2.05, 4.69) is 9.80 Å². The molecule has 20 heteroatoms. The third kappa shape index (κ3) is 14.3. The Morgan fingerprint density at radius 3 is 1.29 bits per heavy atom. The number of piperidine rings is 2. The van der Waals surface area contributed by atoms with Gasteiger partial charge in [-0.1, -0.05) is 36.4 Å². The molecule has 0 spiro atoms. The van der Waals surface area contributed by atoms with E-state index >= 15 is 9.59 Å². The van der Waals surface area contributed by atoms with Crippen LogP contribution in [0.25, 0.3) is 21.9 Å². The summed E-state index contributed by atoms with van der Waals surface area (Å²) in [5.41, 5.74) is 2.59. The first-order valence-electron chi connectivity index (χ1n) is 27.6. The van der Waals surface area contributed by atoms with Crippen molar-refractivity contribution in [3.8, 4) is 0 Å². The zero-order chi connectivity index (χ0) is 55.5. The van der Waals surface area contributed by atoms with Gasteiger partial charge in [0.25, 0.3) is 11.8 Å². The number of carbonyl (C=O) groups excluding carboxylic acids is 4. The molecular weight excluding hydrogens is 1040 g/mol. The molecule has 4 fully saturated rings. The third-order valence-electron chi connectivity index (χ3n) is 15.5. The van der Waals surface area contributed by atoms with Gasteiger partial charge in [0.15, 0.2) is 24.8 Å². The van der Waals surface area contributed by atoms with Gasteiger partial charge >= 0.3 is 11.9 Å². The number of hydrogen-bond acceptors (Lipinski definition) is 16. The van der Waals surface area contributed by atoms with Gasteiger partial charge in [-0.3, -0.25) is 9.59 Å².